The van der Waals surface area contributed by atoms with Crippen LogP contribution in [-0.4, -0.2) is 27.7 Å². The molecule has 2 aromatic carbocycles. The molecule has 0 N–H and O–H groups in total. The van der Waals surface area contributed by atoms with Crippen molar-refractivity contribution in [3.8, 4) is 0 Å². The molecule has 0 unspecified atom stereocenters. The molecule has 0 radical (unpaired) electrons. The standard InChI is InChI=1S/C23H21ClN2O3/c24-18-9-5-4-8-17(18)21(27)25(13-14-6-2-1-3-7-14)26-22(28)19-15-10-11-16(12-15)20(19)23(26)29/h1-9,15-16,19-20H,10-13H2/t15-,16-,19-,20-/m0/s1. The number of fused-ring (bicyclic) bond motifs is 5. The topological polar surface area (TPSA) is 57.7 Å². The summed E-state index contributed by atoms with van der Waals surface area (Å²) < 4.78 is 0. The van der Waals surface area contributed by atoms with Crippen molar-refractivity contribution in [3.05, 3.63) is 70.7 Å². The maximum Gasteiger partial charge on any atom is 0.274 e. The molecular weight excluding hydrogens is 388 g/mol. The lowest BCUT2D eigenvalue weighted by Gasteiger charge is -2.31. The summed E-state index contributed by atoms with van der Waals surface area (Å²) >= 11 is 6.26. The first kappa shape index (κ1) is 18.4. The molecule has 2 bridgehead atoms. The Morgan fingerprint density at radius 2 is 1.52 bits per heavy atom. The molecule has 0 spiro atoms. The van der Waals surface area contributed by atoms with Crippen LogP contribution in [0, 0.1) is 23.7 Å². The molecule has 29 heavy (non-hydrogen) atoms. The Hall–Kier alpha value is -2.66. The minimum Gasteiger partial charge on any atom is -0.272 e. The van der Waals surface area contributed by atoms with Gasteiger partial charge in [-0.25, -0.2) is 5.01 Å². The number of carbonyl (C=O) groups is 3. The van der Waals surface area contributed by atoms with Gasteiger partial charge in [-0.2, -0.15) is 5.01 Å². The van der Waals surface area contributed by atoms with Gasteiger partial charge in [0.15, 0.2) is 0 Å². The third kappa shape index (κ3) is 2.87. The number of imide groups is 1. The molecule has 3 amide bonds. The number of carbonyl (C=O) groups excluding carboxylic acids is 3. The van der Waals surface area contributed by atoms with E-state index >= 15 is 0 Å². The number of hydrogen-bond donors (Lipinski definition) is 0. The first-order chi connectivity index (χ1) is 14.1. The minimum atomic E-state index is -0.437. The van der Waals surface area contributed by atoms with Crippen molar-refractivity contribution in [2.24, 2.45) is 23.7 Å². The molecule has 2 aliphatic carbocycles. The van der Waals surface area contributed by atoms with E-state index in [0.29, 0.717) is 5.02 Å². The van der Waals surface area contributed by atoms with Gasteiger partial charge in [-0.15, -0.1) is 0 Å². The van der Waals surface area contributed by atoms with Crippen LogP contribution in [0.2, 0.25) is 5.02 Å². The van der Waals surface area contributed by atoms with Gasteiger partial charge in [0, 0.05) is 0 Å². The van der Waals surface area contributed by atoms with E-state index in [1.807, 2.05) is 30.3 Å². The Bertz CT molecular complexity index is 965. The molecule has 5 nitrogen and oxygen atoms in total. The Labute approximate surface area is 174 Å². The molecule has 3 aliphatic rings. The van der Waals surface area contributed by atoms with Crippen molar-refractivity contribution >= 4 is 29.3 Å². The van der Waals surface area contributed by atoms with Gasteiger partial charge in [-0.1, -0.05) is 54.1 Å². The summed E-state index contributed by atoms with van der Waals surface area (Å²) in [7, 11) is 0. The number of rotatable bonds is 4. The van der Waals surface area contributed by atoms with Gasteiger partial charge in [-0.05, 0) is 48.8 Å². The van der Waals surface area contributed by atoms with Crippen LogP contribution in [0.25, 0.3) is 0 Å². The normalized spacial score (nSPS) is 27.4. The molecule has 2 saturated carbocycles. The van der Waals surface area contributed by atoms with Gasteiger partial charge in [0.05, 0.1) is 29.0 Å². The van der Waals surface area contributed by atoms with Crippen LogP contribution in [0.15, 0.2) is 54.6 Å². The molecule has 0 aromatic heterocycles. The highest BCUT2D eigenvalue weighted by molar-refractivity contribution is 6.33. The average Bonchev–Trinajstić information content (AvgIpc) is 3.41. The van der Waals surface area contributed by atoms with Crippen LogP contribution < -0.4 is 0 Å². The van der Waals surface area contributed by atoms with Crippen LogP contribution in [0.5, 0.6) is 0 Å². The van der Waals surface area contributed by atoms with E-state index in [-0.39, 0.29) is 47.6 Å². The Morgan fingerprint density at radius 3 is 2.14 bits per heavy atom. The molecule has 5 rings (SSSR count). The van der Waals surface area contributed by atoms with E-state index in [1.165, 1.54) is 5.01 Å². The minimum absolute atomic E-state index is 0.136. The smallest absolute Gasteiger partial charge is 0.272 e. The molecule has 3 fully saturated rings. The van der Waals surface area contributed by atoms with Crippen molar-refractivity contribution in [2.45, 2.75) is 25.8 Å². The lowest BCUT2D eigenvalue weighted by atomic mass is 9.81. The number of benzene rings is 2. The third-order valence-corrected chi connectivity index (χ3v) is 6.99. The summed E-state index contributed by atoms with van der Waals surface area (Å²) in [5, 5.41) is 2.71. The van der Waals surface area contributed by atoms with Crippen LogP contribution in [0.3, 0.4) is 0 Å². The number of hydrazine groups is 1. The molecular formula is C23H21ClN2O3. The second-order valence-corrected chi connectivity index (χ2v) is 8.61. The predicted octanol–water partition coefficient (Wildman–Crippen LogP) is 3.93. The fraction of sp³-hybridized carbons (Fsp3) is 0.348. The summed E-state index contributed by atoms with van der Waals surface area (Å²) in [6.07, 6.45) is 2.95. The largest absolute Gasteiger partial charge is 0.274 e. The van der Waals surface area contributed by atoms with Crippen LogP contribution in [0.4, 0.5) is 0 Å². The zero-order chi connectivity index (χ0) is 20.1. The first-order valence-electron chi connectivity index (χ1n) is 10.0. The molecule has 2 aromatic rings. The van der Waals surface area contributed by atoms with E-state index in [4.69, 9.17) is 11.6 Å². The van der Waals surface area contributed by atoms with E-state index in [0.717, 1.165) is 29.8 Å². The lowest BCUT2D eigenvalue weighted by Crippen LogP contribution is -2.50. The van der Waals surface area contributed by atoms with E-state index < -0.39 is 5.91 Å². The Kier molecular flexibility index (Phi) is 4.43. The number of amides is 3. The molecule has 1 heterocycles. The zero-order valence-corrected chi connectivity index (χ0v) is 16.6. The highest BCUT2D eigenvalue weighted by atomic mass is 35.5. The molecule has 148 valence electrons. The summed E-state index contributed by atoms with van der Waals surface area (Å²) in [6.45, 7) is 0.136. The fourth-order valence-electron chi connectivity index (χ4n) is 5.39. The zero-order valence-electron chi connectivity index (χ0n) is 15.8. The van der Waals surface area contributed by atoms with E-state index in [9.17, 15) is 14.4 Å². The fourth-order valence-corrected chi connectivity index (χ4v) is 5.61. The van der Waals surface area contributed by atoms with Crippen LogP contribution in [0.1, 0.15) is 35.2 Å². The molecule has 1 saturated heterocycles. The molecule has 1 aliphatic heterocycles. The Balaban J connectivity index is 1.54. The number of nitrogens with zero attached hydrogens (tertiary/aromatic N) is 2. The van der Waals surface area contributed by atoms with Gasteiger partial charge >= 0.3 is 0 Å². The van der Waals surface area contributed by atoms with Crippen molar-refractivity contribution in [3.63, 3.8) is 0 Å². The maximum atomic E-state index is 13.4. The lowest BCUT2D eigenvalue weighted by molar-refractivity contribution is -0.156. The SMILES string of the molecule is O=C(c1ccccc1Cl)N(Cc1ccccc1)N1C(=O)[C@H]2[C@H]3CC[C@@H](C3)[C@@H]2C1=O. The quantitative estimate of drug-likeness (QED) is 0.720. The van der Waals surface area contributed by atoms with Gasteiger partial charge in [0.2, 0.25) is 0 Å². The number of halogens is 1. The highest BCUT2D eigenvalue weighted by Crippen LogP contribution is 2.56. The average molecular weight is 409 g/mol. The van der Waals surface area contributed by atoms with E-state index in [2.05, 4.69) is 0 Å². The van der Waals surface area contributed by atoms with Gasteiger partial charge in [0.25, 0.3) is 17.7 Å². The second-order valence-electron chi connectivity index (χ2n) is 8.20. The van der Waals surface area contributed by atoms with Crippen molar-refractivity contribution in [1.29, 1.82) is 0 Å². The molecule has 4 atom stereocenters. The predicted molar refractivity (Wildman–Crippen MR) is 107 cm³/mol. The summed E-state index contributed by atoms with van der Waals surface area (Å²) in [5.41, 5.74) is 1.12. The van der Waals surface area contributed by atoms with Gasteiger partial charge < -0.3 is 0 Å². The first-order valence-corrected chi connectivity index (χ1v) is 10.4. The van der Waals surface area contributed by atoms with Crippen LogP contribution in [-0.2, 0) is 16.1 Å². The second kappa shape index (κ2) is 6.99. The summed E-state index contributed by atoms with van der Waals surface area (Å²) in [5.74, 6) is -0.932. The monoisotopic (exact) mass is 408 g/mol. The third-order valence-electron chi connectivity index (χ3n) is 6.66. The number of hydrogen-bond acceptors (Lipinski definition) is 3. The summed E-state index contributed by atoms with van der Waals surface area (Å²) in [6, 6.07) is 16.1. The van der Waals surface area contributed by atoms with Crippen molar-refractivity contribution in [2.75, 3.05) is 0 Å². The Morgan fingerprint density at radius 1 is 0.931 bits per heavy atom. The highest BCUT2D eigenvalue weighted by Gasteiger charge is 2.62. The summed E-state index contributed by atoms with van der Waals surface area (Å²) in [4.78, 5) is 40.1. The van der Waals surface area contributed by atoms with Gasteiger partial charge in [0.1, 0.15) is 0 Å². The van der Waals surface area contributed by atoms with Crippen LogP contribution >= 0.6 is 11.6 Å². The molecule has 6 heteroatoms. The van der Waals surface area contributed by atoms with Crippen molar-refractivity contribution < 1.29 is 14.4 Å². The van der Waals surface area contributed by atoms with Crippen molar-refractivity contribution in [1.82, 2.24) is 10.0 Å². The van der Waals surface area contributed by atoms with Gasteiger partial charge in [-0.3, -0.25) is 14.4 Å². The maximum absolute atomic E-state index is 13.4. The van der Waals surface area contributed by atoms with E-state index in [1.54, 1.807) is 24.3 Å².